The lowest BCUT2D eigenvalue weighted by molar-refractivity contribution is 0.0948. The van der Waals surface area contributed by atoms with Crippen LogP contribution in [0.5, 0.6) is 0 Å². The van der Waals surface area contributed by atoms with E-state index in [2.05, 4.69) is 27.2 Å². The van der Waals surface area contributed by atoms with Crippen LogP contribution in [0, 0.1) is 0 Å². The molecule has 6 heteroatoms. The quantitative estimate of drug-likeness (QED) is 0.528. The summed E-state index contributed by atoms with van der Waals surface area (Å²) in [5, 5.41) is 5.69. The van der Waals surface area contributed by atoms with Crippen LogP contribution in [0.3, 0.4) is 0 Å². The molecule has 0 bridgehead atoms. The van der Waals surface area contributed by atoms with Gasteiger partial charge in [0.2, 0.25) is 5.95 Å². The molecule has 0 aliphatic heterocycles. The second-order valence-corrected chi connectivity index (χ2v) is 3.57. The molecule has 1 amide bonds. The highest BCUT2D eigenvalue weighted by molar-refractivity contribution is 5.93. The molecule has 1 rings (SSSR count). The summed E-state index contributed by atoms with van der Waals surface area (Å²) < 4.78 is 4.89. The van der Waals surface area contributed by atoms with Crippen molar-refractivity contribution in [3.63, 3.8) is 0 Å². The van der Waals surface area contributed by atoms with Crippen molar-refractivity contribution in [3.8, 4) is 0 Å². The molecule has 0 saturated heterocycles. The lowest BCUT2D eigenvalue weighted by atomic mass is 10.3. The molecule has 1 heterocycles. The molecule has 0 aliphatic rings. The lowest BCUT2D eigenvalue weighted by Gasteiger charge is -2.05. The van der Waals surface area contributed by atoms with E-state index < -0.39 is 0 Å². The minimum Gasteiger partial charge on any atom is -0.385 e. The number of carbonyl (C=O) groups excluding carboxylic acids is 1. The van der Waals surface area contributed by atoms with Crippen LogP contribution in [0.1, 0.15) is 16.8 Å². The van der Waals surface area contributed by atoms with Crippen molar-refractivity contribution in [2.45, 2.75) is 6.42 Å². The van der Waals surface area contributed by atoms with Gasteiger partial charge in [-0.25, -0.2) is 9.97 Å². The van der Waals surface area contributed by atoms with Crippen molar-refractivity contribution in [2.75, 3.05) is 32.1 Å². The van der Waals surface area contributed by atoms with Crippen LogP contribution >= 0.6 is 0 Å². The molecule has 0 aromatic carbocycles. The van der Waals surface area contributed by atoms with Gasteiger partial charge in [0.05, 0.1) is 5.56 Å². The van der Waals surface area contributed by atoms with Crippen molar-refractivity contribution in [3.05, 3.63) is 30.6 Å². The van der Waals surface area contributed by atoms with Gasteiger partial charge >= 0.3 is 0 Å². The third-order valence-electron chi connectivity index (χ3n) is 2.13. The highest BCUT2D eigenvalue weighted by Crippen LogP contribution is 2.00. The Kier molecular flexibility index (Phi) is 6.42. The summed E-state index contributed by atoms with van der Waals surface area (Å²) in [5.74, 6) is 0.298. The first kappa shape index (κ1) is 14.1. The van der Waals surface area contributed by atoms with Crippen LogP contribution in [-0.2, 0) is 4.74 Å². The standard InChI is InChI=1S/C12H18N4O2/c1-3-5-14-12-15-8-10(9-16-12)11(17)13-6-4-7-18-2/h3,8-9H,1,4-7H2,2H3,(H,13,17)(H,14,15,16). The van der Waals surface area contributed by atoms with Crippen molar-refractivity contribution >= 4 is 11.9 Å². The fraction of sp³-hybridized carbons (Fsp3) is 0.417. The lowest BCUT2D eigenvalue weighted by Crippen LogP contribution is -2.25. The maximum Gasteiger partial charge on any atom is 0.254 e. The second kappa shape index (κ2) is 8.19. The number of rotatable bonds is 8. The van der Waals surface area contributed by atoms with Crippen molar-refractivity contribution in [2.24, 2.45) is 0 Å². The van der Waals surface area contributed by atoms with E-state index in [1.54, 1.807) is 13.2 Å². The highest BCUT2D eigenvalue weighted by Gasteiger charge is 2.05. The van der Waals surface area contributed by atoms with Crippen LogP contribution in [-0.4, -0.2) is 42.7 Å². The SMILES string of the molecule is C=CCNc1ncc(C(=O)NCCCOC)cn1. The Labute approximate surface area is 106 Å². The fourth-order valence-corrected chi connectivity index (χ4v) is 1.22. The number of hydrogen-bond donors (Lipinski definition) is 2. The summed E-state index contributed by atoms with van der Waals surface area (Å²) in [6, 6.07) is 0. The monoisotopic (exact) mass is 250 g/mol. The fourth-order valence-electron chi connectivity index (χ4n) is 1.22. The molecule has 98 valence electrons. The van der Waals surface area contributed by atoms with Gasteiger partial charge in [0.25, 0.3) is 5.91 Å². The van der Waals surface area contributed by atoms with E-state index in [9.17, 15) is 4.79 Å². The normalized spacial score (nSPS) is 9.83. The number of anilines is 1. The summed E-state index contributed by atoms with van der Waals surface area (Å²) in [4.78, 5) is 19.7. The molecule has 6 nitrogen and oxygen atoms in total. The smallest absolute Gasteiger partial charge is 0.254 e. The Bertz CT molecular complexity index is 378. The maximum absolute atomic E-state index is 11.7. The van der Waals surface area contributed by atoms with E-state index in [4.69, 9.17) is 4.74 Å². The first-order valence-corrected chi connectivity index (χ1v) is 5.72. The average molecular weight is 250 g/mol. The van der Waals surface area contributed by atoms with Gasteiger partial charge in [-0.2, -0.15) is 0 Å². The van der Waals surface area contributed by atoms with Gasteiger partial charge in [0.15, 0.2) is 0 Å². The predicted octanol–water partition coefficient (Wildman–Crippen LogP) is 0.841. The summed E-state index contributed by atoms with van der Waals surface area (Å²) >= 11 is 0. The molecule has 2 N–H and O–H groups in total. The molecule has 0 aliphatic carbocycles. The second-order valence-electron chi connectivity index (χ2n) is 3.57. The maximum atomic E-state index is 11.7. The van der Waals surface area contributed by atoms with Gasteiger partial charge in [0.1, 0.15) is 0 Å². The van der Waals surface area contributed by atoms with Gasteiger partial charge in [-0.05, 0) is 6.42 Å². The topological polar surface area (TPSA) is 76.1 Å². The van der Waals surface area contributed by atoms with Crippen molar-refractivity contribution < 1.29 is 9.53 Å². The molecule has 1 aromatic rings. The zero-order chi connectivity index (χ0) is 13.2. The Balaban J connectivity index is 2.41. The molecular weight excluding hydrogens is 232 g/mol. The number of aromatic nitrogens is 2. The van der Waals surface area contributed by atoms with Gasteiger partial charge in [-0.3, -0.25) is 4.79 Å². The summed E-state index contributed by atoms with van der Waals surface area (Å²) in [5.41, 5.74) is 0.441. The number of hydrogen-bond acceptors (Lipinski definition) is 5. The van der Waals surface area contributed by atoms with Gasteiger partial charge in [-0.15, -0.1) is 6.58 Å². The van der Waals surface area contributed by atoms with E-state index in [0.717, 1.165) is 6.42 Å². The van der Waals surface area contributed by atoms with Gasteiger partial charge in [-0.1, -0.05) is 6.08 Å². The van der Waals surface area contributed by atoms with E-state index >= 15 is 0 Å². The zero-order valence-corrected chi connectivity index (χ0v) is 10.5. The van der Waals surface area contributed by atoms with Gasteiger partial charge in [0, 0.05) is 39.2 Å². The number of methoxy groups -OCH3 is 1. The first-order valence-electron chi connectivity index (χ1n) is 5.72. The molecule has 0 atom stereocenters. The number of amides is 1. The molecular formula is C12H18N4O2. The summed E-state index contributed by atoms with van der Waals surface area (Å²) in [6.45, 7) is 5.36. The largest absolute Gasteiger partial charge is 0.385 e. The van der Waals surface area contributed by atoms with Gasteiger partial charge < -0.3 is 15.4 Å². The van der Waals surface area contributed by atoms with E-state index in [0.29, 0.717) is 31.2 Å². The minimum atomic E-state index is -0.179. The number of carbonyl (C=O) groups is 1. The van der Waals surface area contributed by atoms with Crippen LogP contribution < -0.4 is 10.6 Å². The van der Waals surface area contributed by atoms with E-state index in [1.165, 1.54) is 12.4 Å². The van der Waals surface area contributed by atoms with E-state index in [1.807, 2.05) is 0 Å². The van der Waals surface area contributed by atoms with Crippen LogP contribution in [0.2, 0.25) is 0 Å². The molecule has 18 heavy (non-hydrogen) atoms. The van der Waals surface area contributed by atoms with Crippen molar-refractivity contribution in [1.82, 2.24) is 15.3 Å². The molecule has 0 fully saturated rings. The highest BCUT2D eigenvalue weighted by atomic mass is 16.5. The molecule has 0 unspecified atom stereocenters. The summed E-state index contributed by atoms with van der Waals surface area (Å²) in [7, 11) is 1.63. The number of nitrogens with one attached hydrogen (secondary N) is 2. The molecule has 0 radical (unpaired) electrons. The van der Waals surface area contributed by atoms with Crippen LogP contribution in [0.25, 0.3) is 0 Å². The Hall–Kier alpha value is -1.95. The third kappa shape index (κ3) is 4.92. The average Bonchev–Trinajstić information content (AvgIpc) is 2.41. The summed E-state index contributed by atoms with van der Waals surface area (Å²) in [6.07, 6.45) is 5.47. The Morgan fingerprint density at radius 1 is 1.50 bits per heavy atom. The number of ether oxygens (including phenoxy) is 1. The van der Waals surface area contributed by atoms with E-state index in [-0.39, 0.29) is 5.91 Å². The van der Waals surface area contributed by atoms with Crippen LogP contribution in [0.15, 0.2) is 25.0 Å². The number of nitrogens with zero attached hydrogens (tertiary/aromatic N) is 2. The van der Waals surface area contributed by atoms with Crippen LogP contribution in [0.4, 0.5) is 5.95 Å². The molecule has 0 spiro atoms. The zero-order valence-electron chi connectivity index (χ0n) is 10.5. The minimum absolute atomic E-state index is 0.179. The molecule has 1 aromatic heterocycles. The first-order chi connectivity index (χ1) is 8.77. The Morgan fingerprint density at radius 2 is 2.22 bits per heavy atom. The third-order valence-corrected chi connectivity index (χ3v) is 2.13. The molecule has 0 saturated carbocycles. The Morgan fingerprint density at radius 3 is 2.83 bits per heavy atom. The predicted molar refractivity (Wildman–Crippen MR) is 69.5 cm³/mol. The van der Waals surface area contributed by atoms with Crippen molar-refractivity contribution in [1.29, 1.82) is 0 Å².